The number of ether oxygens (including phenoxy) is 1. The number of fused-ring (bicyclic) bond motifs is 2. The van der Waals surface area contributed by atoms with Crippen molar-refractivity contribution in [3.8, 4) is 0 Å². The zero-order valence-corrected chi connectivity index (χ0v) is 7.19. The number of hydrogen-bond acceptors (Lipinski definition) is 3. The molecule has 1 N–H and O–H groups in total. The molecule has 0 heterocycles. The third-order valence-electron chi connectivity index (χ3n) is 3.35. The zero-order valence-electron chi connectivity index (χ0n) is 7.19. The molecule has 0 saturated heterocycles. The molecule has 2 fully saturated rings. The molecule has 2 aliphatic rings. The van der Waals surface area contributed by atoms with Crippen molar-refractivity contribution in [3.05, 3.63) is 0 Å². The van der Waals surface area contributed by atoms with Gasteiger partial charge in [0.2, 0.25) is 0 Å². The van der Waals surface area contributed by atoms with Crippen LogP contribution in [0.15, 0.2) is 0 Å². The smallest absolute Gasteiger partial charge is 0.309 e. The van der Waals surface area contributed by atoms with E-state index in [4.69, 9.17) is 4.74 Å². The minimum atomic E-state index is -0.257. The maximum Gasteiger partial charge on any atom is 0.309 e. The van der Waals surface area contributed by atoms with Gasteiger partial charge in [0, 0.05) is 0 Å². The number of rotatable bonds is 1. The van der Waals surface area contributed by atoms with E-state index in [1.165, 1.54) is 7.11 Å². The fourth-order valence-corrected chi connectivity index (χ4v) is 2.80. The molecule has 3 nitrogen and oxygen atoms in total. The normalized spacial score (nSPS) is 44.8. The summed E-state index contributed by atoms with van der Waals surface area (Å²) in [6.45, 7) is 0. The summed E-state index contributed by atoms with van der Waals surface area (Å²) < 4.78 is 4.71. The van der Waals surface area contributed by atoms with Crippen molar-refractivity contribution in [2.45, 2.75) is 25.4 Å². The van der Waals surface area contributed by atoms with Gasteiger partial charge in [-0.25, -0.2) is 0 Å². The minimum absolute atomic E-state index is 0.00926. The number of carbonyl (C=O) groups is 1. The van der Waals surface area contributed by atoms with Crippen molar-refractivity contribution in [2.24, 2.45) is 17.8 Å². The van der Waals surface area contributed by atoms with Gasteiger partial charge in [0.15, 0.2) is 0 Å². The van der Waals surface area contributed by atoms with Crippen molar-refractivity contribution >= 4 is 5.97 Å². The summed E-state index contributed by atoms with van der Waals surface area (Å²) in [5.41, 5.74) is 0. The van der Waals surface area contributed by atoms with E-state index in [-0.39, 0.29) is 23.9 Å². The molecule has 0 aromatic carbocycles. The lowest BCUT2D eigenvalue weighted by Crippen LogP contribution is -2.23. The van der Waals surface area contributed by atoms with E-state index in [1.54, 1.807) is 0 Å². The molecule has 12 heavy (non-hydrogen) atoms. The van der Waals surface area contributed by atoms with E-state index in [0.29, 0.717) is 5.92 Å². The van der Waals surface area contributed by atoms with Gasteiger partial charge in [-0.1, -0.05) is 0 Å². The van der Waals surface area contributed by atoms with E-state index in [0.717, 1.165) is 19.3 Å². The van der Waals surface area contributed by atoms with E-state index >= 15 is 0 Å². The summed E-state index contributed by atoms with van der Waals surface area (Å²) in [4.78, 5) is 11.3. The number of carbonyl (C=O) groups excluding carboxylic acids is 1. The van der Waals surface area contributed by atoms with Crippen molar-refractivity contribution in [1.82, 2.24) is 0 Å². The van der Waals surface area contributed by atoms with Gasteiger partial charge >= 0.3 is 5.97 Å². The van der Waals surface area contributed by atoms with Crippen LogP contribution in [0.5, 0.6) is 0 Å². The third-order valence-corrected chi connectivity index (χ3v) is 3.35. The first kappa shape index (κ1) is 8.05. The van der Waals surface area contributed by atoms with Crippen LogP contribution in [0.2, 0.25) is 0 Å². The fourth-order valence-electron chi connectivity index (χ4n) is 2.80. The fraction of sp³-hybridized carbons (Fsp3) is 0.889. The summed E-state index contributed by atoms with van der Waals surface area (Å²) in [5.74, 6) is 0.434. The predicted octanol–water partition coefficient (Wildman–Crippen LogP) is 0.566. The summed E-state index contributed by atoms with van der Waals surface area (Å²) in [6.07, 6.45) is 2.62. The van der Waals surface area contributed by atoms with Crippen molar-refractivity contribution in [1.29, 1.82) is 0 Å². The van der Waals surface area contributed by atoms with Crippen LogP contribution in [0.3, 0.4) is 0 Å². The first-order valence-corrected chi connectivity index (χ1v) is 4.50. The second-order valence-electron chi connectivity index (χ2n) is 3.85. The molecule has 2 saturated carbocycles. The van der Waals surface area contributed by atoms with Crippen molar-refractivity contribution < 1.29 is 14.6 Å². The standard InChI is InChI=1S/C9H14O3/c1-12-9(11)8-5-2-3-6(8)7(10)4-5/h5-8,10H,2-4H2,1H3/t5-,6+,7?,8-/m1/s1. The predicted molar refractivity (Wildman–Crippen MR) is 42.3 cm³/mol. The topological polar surface area (TPSA) is 46.5 Å². The molecule has 0 amide bonds. The number of aliphatic hydroxyl groups excluding tert-OH is 1. The van der Waals surface area contributed by atoms with Crippen LogP contribution in [-0.2, 0) is 9.53 Å². The highest BCUT2D eigenvalue weighted by atomic mass is 16.5. The molecular formula is C9H14O3. The molecule has 0 aromatic rings. The lowest BCUT2D eigenvalue weighted by Gasteiger charge is -2.15. The molecule has 1 unspecified atom stereocenters. The van der Waals surface area contributed by atoms with E-state index in [1.807, 2.05) is 0 Å². The van der Waals surface area contributed by atoms with Gasteiger partial charge in [0.1, 0.15) is 0 Å². The SMILES string of the molecule is COC(=O)[C@@H]1[C@@H]2CC[C@H]1C(O)C2. The molecule has 4 atom stereocenters. The highest BCUT2D eigenvalue weighted by Crippen LogP contribution is 2.49. The Morgan fingerprint density at radius 1 is 1.50 bits per heavy atom. The maximum atomic E-state index is 11.3. The number of hydrogen-bond donors (Lipinski definition) is 1. The Labute approximate surface area is 71.7 Å². The molecule has 0 radical (unpaired) electrons. The van der Waals surface area contributed by atoms with Crippen LogP contribution in [0, 0.1) is 17.8 Å². The monoisotopic (exact) mass is 170 g/mol. The lowest BCUT2D eigenvalue weighted by molar-refractivity contribution is -0.147. The van der Waals surface area contributed by atoms with Gasteiger partial charge in [-0.15, -0.1) is 0 Å². The molecule has 0 aliphatic heterocycles. The Hall–Kier alpha value is -0.570. The van der Waals surface area contributed by atoms with Crippen molar-refractivity contribution in [3.63, 3.8) is 0 Å². The molecule has 68 valence electrons. The number of esters is 1. The lowest BCUT2D eigenvalue weighted by atomic mass is 9.97. The quantitative estimate of drug-likeness (QED) is 0.585. The molecular weight excluding hydrogens is 156 g/mol. The summed E-state index contributed by atoms with van der Waals surface area (Å²) in [6, 6.07) is 0. The van der Waals surface area contributed by atoms with Crippen LogP contribution in [0.25, 0.3) is 0 Å². The molecule has 2 rings (SSSR count). The molecule has 2 aliphatic carbocycles. The maximum absolute atomic E-state index is 11.3. The largest absolute Gasteiger partial charge is 0.469 e. The Kier molecular flexibility index (Phi) is 1.83. The summed E-state index contributed by atoms with van der Waals surface area (Å²) in [7, 11) is 1.42. The first-order chi connectivity index (χ1) is 5.74. The highest BCUT2D eigenvalue weighted by molar-refractivity contribution is 5.74. The third kappa shape index (κ3) is 0.959. The van der Waals surface area contributed by atoms with Crippen LogP contribution in [-0.4, -0.2) is 24.3 Å². The first-order valence-electron chi connectivity index (χ1n) is 4.50. The number of aliphatic hydroxyl groups is 1. The van der Waals surface area contributed by atoms with Gasteiger partial charge in [0.25, 0.3) is 0 Å². The molecule has 2 bridgehead atoms. The summed E-state index contributed by atoms with van der Waals surface area (Å²) in [5, 5.41) is 9.53. The van der Waals surface area contributed by atoms with E-state index in [2.05, 4.69) is 0 Å². The Balaban J connectivity index is 2.13. The van der Waals surface area contributed by atoms with Gasteiger partial charge in [-0.2, -0.15) is 0 Å². The zero-order chi connectivity index (χ0) is 8.72. The highest BCUT2D eigenvalue weighted by Gasteiger charge is 2.51. The Morgan fingerprint density at radius 2 is 2.25 bits per heavy atom. The van der Waals surface area contributed by atoms with Gasteiger partial charge in [-0.3, -0.25) is 4.79 Å². The van der Waals surface area contributed by atoms with Crippen LogP contribution < -0.4 is 0 Å². The molecule has 0 spiro atoms. The van der Waals surface area contributed by atoms with Crippen LogP contribution >= 0.6 is 0 Å². The van der Waals surface area contributed by atoms with Crippen LogP contribution in [0.4, 0.5) is 0 Å². The van der Waals surface area contributed by atoms with Crippen LogP contribution in [0.1, 0.15) is 19.3 Å². The van der Waals surface area contributed by atoms with Gasteiger partial charge in [-0.05, 0) is 31.1 Å². The average molecular weight is 170 g/mol. The molecule has 0 aromatic heterocycles. The molecule has 3 heteroatoms. The average Bonchev–Trinajstić information content (AvgIpc) is 2.59. The van der Waals surface area contributed by atoms with E-state index in [9.17, 15) is 9.90 Å². The Morgan fingerprint density at radius 3 is 2.67 bits per heavy atom. The second kappa shape index (κ2) is 2.73. The minimum Gasteiger partial charge on any atom is -0.469 e. The Bertz CT molecular complexity index is 202. The van der Waals surface area contributed by atoms with Gasteiger partial charge in [0.05, 0.1) is 19.1 Å². The van der Waals surface area contributed by atoms with Crippen molar-refractivity contribution in [2.75, 3.05) is 7.11 Å². The van der Waals surface area contributed by atoms with E-state index < -0.39 is 0 Å². The summed E-state index contributed by atoms with van der Waals surface area (Å²) >= 11 is 0. The second-order valence-corrected chi connectivity index (χ2v) is 3.85. The number of methoxy groups -OCH3 is 1. The van der Waals surface area contributed by atoms with Gasteiger partial charge < -0.3 is 9.84 Å².